The van der Waals surface area contributed by atoms with Crippen molar-refractivity contribution in [3.8, 4) is 0 Å². The maximum absolute atomic E-state index is 11.6. The highest BCUT2D eigenvalue weighted by molar-refractivity contribution is 14.0. The van der Waals surface area contributed by atoms with Crippen LogP contribution in [0.3, 0.4) is 0 Å². The first-order chi connectivity index (χ1) is 12.5. The summed E-state index contributed by atoms with van der Waals surface area (Å²) in [4.78, 5) is 16.3. The molecule has 5 nitrogen and oxygen atoms in total. The van der Waals surface area contributed by atoms with Crippen molar-refractivity contribution in [3.63, 3.8) is 0 Å². The molecule has 1 fully saturated rings. The molecule has 6 heteroatoms. The van der Waals surface area contributed by atoms with Gasteiger partial charge in [-0.25, -0.2) is 4.99 Å². The third kappa shape index (κ3) is 7.68. The molecule has 0 radical (unpaired) electrons. The van der Waals surface area contributed by atoms with Gasteiger partial charge in [-0.1, -0.05) is 26.0 Å². The van der Waals surface area contributed by atoms with E-state index in [1.165, 1.54) is 25.7 Å². The van der Waals surface area contributed by atoms with Crippen LogP contribution in [0.25, 0.3) is 0 Å². The summed E-state index contributed by atoms with van der Waals surface area (Å²) in [6.45, 7) is 8.21. The maximum Gasteiger partial charge on any atom is 0.251 e. The monoisotopic (exact) mass is 486 g/mol. The number of hydrogen-bond donors (Lipinski definition) is 3. The minimum Gasteiger partial charge on any atom is -0.357 e. The number of amides is 1. The number of carbonyl (C=O) groups is 1. The van der Waals surface area contributed by atoms with Crippen LogP contribution in [0.1, 0.15) is 62.4 Å². The minimum atomic E-state index is -0.0629. The molecule has 2 rings (SSSR count). The molecular weight excluding hydrogens is 451 g/mol. The molecule has 27 heavy (non-hydrogen) atoms. The Labute approximate surface area is 181 Å². The fourth-order valence-electron chi connectivity index (χ4n) is 3.52. The Bertz CT molecular complexity index is 593. The van der Waals surface area contributed by atoms with Crippen LogP contribution in [-0.2, 0) is 6.54 Å². The van der Waals surface area contributed by atoms with Gasteiger partial charge in [-0.15, -0.1) is 24.0 Å². The summed E-state index contributed by atoms with van der Waals surface area (Å²) in [5.74, 6) is 2.48. The molecule has 3 N–H and O–H groups in total. The molecule has 152 valence electrons. The van der Waals surface area contributed by atoms with Crippen LogP contribution in [0, 0.1) is 11.8 Å². The third-order valence-electron chi connectivity index (χ3n) is 5.26. The molecule has 0 bridgehead atoms. The number of rotatable bonds is 6. The Kier molecular flexibility index (Phi) is 10.7. The molecule has 0 heterocycles. The highest BCUT2D eigenvalue weighted by Crippen LogP contribution is 2.29. The van der Waals surface area contributed by atoms with Crippen molar-refractivity contribution in [3.05, 3.63) is 35.4 Å². The van der Waals surface area contributed by atoms with Gasteiger partial charge in [0.1, 0.15) is 0 Å². The molecule has 1 aromatic rings. The number of aliphatic imine (C=N–C) groups is 1. The highest BCUT2D eigenvalue weighted by atomic mass is 127. The SMILES string of the molecule is CCNC(=NCc1ccc(C(=O)NC)cc1)NC1CCC(C(C)C)CC1.I. The second-order valence-corrected chi connectivity index (χ2v) is 7.47. The van der Waals surface area contributed by atoms with Crippen LogP contribution in [0.5, 0.6) is 0 Å². The van der Waals surface area contributed by atoms with E-state index in [1.807, 2.05) is 24.3 Å². The van der Waals surface area contributed by atoms with Gasteiger partial charge >= 0.3 is 0 Å². The van der Waals surface area contributed by atoms with Crippen molar-refractivity contribution in [2.75, 3.05) is 13.6 Å². The average Bonchev–Trinajstić information content (AvgIpc) is 2.66. The van der Waals surface area contributed by atoms with Crippen molar-refractivity contribution in [1.82, 2.24) is 16.0 Å². The first kappa shape index (κ1) is 23.7. The van der Waals surface area contributed by atoms with Crippen molar-refractivity contribution in [2.24, 2.45) is 16.8 Å². The number of benzene rings is 1. The lowest BCUT2D eigenvalue weighted by Gasteiger charge is -2.32. The van der Waals surface area contributed by atoms with E-state index in [2.05, 4.69) is 36.7 Å². The molecule has 0 aromatic heterocycles. The van der Waals surface area contributed by atoms with E-state index in [0.717, 1.165) is 29.9 Å². The van der Waals surface area contributed by atoms with Gasteiger partial charge in [-0.2, -0.15) is 0 Å². The molecule has 1 saturated carbocycles. The fourth-order valence-corrected chi connectivity index (χ4v) is 3.52. The summed E-state index contributed by atoms with van der Waals surface area (Å²) in [6.07, 6.45) is 5.04. The minimum absolute atomic E-state index is 0. The van der Waals surface area contributed by atoms with Gasteiger partial charge in [0, 0.05) is 25.2 Å². The van der Waals surface area contributed by atoms with Crippen molar-refractivity contribution >= 4 is 35.8 Å². The quantitative estimate of drug-likeness (QED) is 0.324. The first-order valence-electron chi connectivity index (χ1n) is 9.89. The van der Waals surface area contributed by atoms with Crippen LogP contribution < -0.4 is 16.0 Å². The zero-order chi connectivity index (χ0) is 18.9. The first-order valence-corrected chi connectivity index (χ1v) is 9.89. The molecule has 1 aliphatic carbocycles. The van der Waals surface area contributed by atoms with E-state index in [0.29, 0.717) is 18.2 Å². The standard InChI is InChI=1S/C21H34N4O.HI/c1-5-23-21(25-19-12-10-17(11-13-19)15(2)3)24-14-16-6-8-18(9-7-16)20(26)22-4;/h6-9,15,17,19H,5,10-14H2,1-4H3,(H,22,26)(H2,23,24,25);1H. The lowest BCUT2D eigenvalue weighted by molar-refractivity contribution is 0.0963. The van der Waals surface area contributed by atoms with Crippen LogP contribution in [0.4, 0.5) is 0 Å². The van der Waals surface area contributed by atoms with Crippen LogP contribution in [-0.4, -0.2) is 31.5 Å². The Hall–Kier alpha value is -1.31. The molecule has 0 spiro atoms. The Morgan fingerprint density at radius 2 is 1.78 bits per heavy atom. The second-order valence-electron chi connectivity index (χ2n) is 7.47. The van der Waals surface area contributed by atoms with Crippen LogP contribution in [0.15, 0.2) is 29.3 Å². The lowest BCUT2D eigenvalue weighted by Crippen LogP contribution is -2.45. The normalized spacial score (nSPS) is 20.0. The van der Waals surface area contributed by atoms with E-state index in [9.17, 15) is 4.79 Å². The predicted octanol–water partition coefficient (Wildman–Crippen LogP) is 3.93. The van der Waals surface area contributed by atoms with E-state index in [-0.39, 0.29) is 29.9 Å². The number of nitrogens with one attached hydrogen (secondary N) is 3. The number of hydrogen-bond acceptors (Lipinski definition) is 2. The third-order valence-corrected chi connectivity index (χ3v) is 5.26. The molecule has 0 aliphatic heterocycles. The smallest absolute Gasteiger partial charge is 0.251 e. The van der Waals surface area contributed by atoms with Crippen molar-refractivity contribution in [2.45, 2.75) is 59.0 Å². The highest BCUT2D eigenvalue weighted by Gasteiger charge is 2.23. The molecule has 0 saturated heterocycles. The molecule has 1 aliphatic rings. The van der Waals surface area contributed by atoms with E-state index in [1.54, 1.807) is 7.05 Å². The zero-order valence-corrected chi connectivity index (χ0v) is 19.4. The second kappa shape index (κ2) is 12.2. The van der Waals surface area contributed by atoms with Crippen LogP contribution >= 0.6 is 24.0 Å². The van der Waals surface area contributed by atoms with E-state index >= 15 is 0 Å². The predicted molar refractivity (Wildman–Crippen MR) is 124 cm³/mol. The Balaban J connectivity index is 0.00000364. The topological polar surface area (TPSA) is 65.5 Å². The molecule has 0 unspecified atom stereocenters. The fraction of sp³-hybridized carbons (Fsp3) is 0.619. The Morgan fingerprint density at radius 3 is 2.30 bits per heavy atom. The summed E-state index contributed by atoms with van der Waals surface area (Å²) in [6, 6.07) is 8.13. The van der Waals surface area contributed by atoms with Gasteiger partial charge in [0.25, 0.3) is 5.91 Å². The van der Waals surface area contributed by atoms with Gasteiger partial charge in [0.15, 0.2) is 5.96 Å². The zero-order valence-electron chi connectivity index (χ0n) is 17.0. The summed E-state index contributed by atoms with van der Waals surface area (Å²) in [7, 11) is 1.64. The van der Waals surface area contributed by atoms with Gasteiger partial charge in [0.05, 0.1) is 6.54 Å². The number of guanidine groups is 1. The van der Waals surface area contributed by atoms with Gasteiger partial charge in [-0.05, 0) is 62.1 Å². The molecular formula is C21H35IN4O. The van der Waals surface area contributed by atoms with Gasteiger partial charge < -0.3 is 16.0 Å². The van der Waals surface area contributed by atoms with Crippen LogP contribution in [0.2, 0.25) is 0 Å². The number of nitrogens with zero attached hydrogens (tertiary/aromatic N) is 1. The van der Waals surface area contributed by atoms with E-state index in [4.69, 9.17) is 4.99 Å². The Morgan fingerprint density at radius 1 is 1.15 bits per heavy atom. The van der Waals surface area contributed by atoms with Gasteiger partial charge in [0.2, 0.25) is 0 Å². The molecule has 0 atom stereocenters. The summed E-state index contributed by atoms with van der Waals surface area (Å²) in [5.41, 5.74) is 1.77. The lowest BCUT2D eigenvalue weighted by atomic mass is 9.80. The maximum atomic E-state index is 11.6. The van der Waals surface area contributed by atoms with Crippen molar-refractivity contribution < 1.29 is 4.79 Å². The number of halogens is 1. The summed E-state index contributed by atoms with van der Waals surface area (Å²) >= 11 is 0. The van der Waals surface area contributed by atoms with Crippen molar-refractivity contribution in [1.29, 1.82) is 0 Å². The van der Waals surface area contributed by atoms with E-state index < -0.39 is 0 Å². The summed E-state index contributed by atoms with van der Waals surface area (Å²) in [5, 5.41) is 9.58. The molecule has 1 amide bonds. The summed E-state index contributed by atoms with van der Waals surface area (Å²) < 4.78 is 0. The van der Waals surface area contributed by atoms with Gasteiger partial charge in [-0.3, -0.25) is 4.79 Å². The molecule has 1 aromatic carbocycles. The number of carbonyl (C=O) groups excluding carboxylic acids is 1. The largest absolute Gasteiger partial charge is 0.357 e. The average molecular weight is 486 g/mol.